The van der Waals surface area contributed by atoms with E-state index < -0.39 is 0 Å². The number of allylic oxidation sites excluding steroid dienone is 5. The molecule has 0 amide bonds. The van der Waals surface area contributed by atoms with Gasteiger partial charge in [0.05, 0.1) is 0 Å². The van der Waals surface area contributed by atoms with Gasteiger partial charge in [-0.15, -0.1) is 0 Å². The van der Waals surface area contributed by atoms with Crippen LogP contribution in [0.5, 0.6) is 0 Å². The first-order valence-corrected chi connectivity index (χ1v) is 6.41. The summed E-state index contributed by atoms with van der Waals surface area (Å²) in [5.74, 6) is 0.580. The Morgan fingerprint density at radius 2 is 1.94 bits per heavy atom. The van der Waals surface area contributed by atoms with Crippen LogP contribution < -0.4 is 0 Å². The van der Waals surface area contributed by atoms with E-state index in [2.05, 4.69) is 68.5 Å². The lowest BCUT2D eigenvalue weighted by Crippen LogP contribution is -2.30. The van der Waals surface area contributed by atoms with Crippen molar-refractivity contribution in [1.82, 2.24) is 0 Å². The highest BCUT2D eigenvalue weighted by molar-refractivity contribution is 5.70. The minimum atomic E-state index is 0.101. The second-order valence-corrected chi connectivity index (χ2v) is 5.24. The molecule has 0 fully saturated rings. The fourth-order valence-electron chi connectivity index (χ4n) is 3.18. The summed E-state index contributed by atoms with van der Waals surface area (Å²) in [5, 5.41) is 0. The summed E-state index contributed by atoms with van der Waals surface area (Å²) in [6.07, 6.45) is 12.7. The zero-order valence-electron chi connectivity index (χ0n) is 10.5. The summed E-state index contributed by atoms with van der Waals surface area (Å²) in [4.78, 5) is 0. The number of rotatable bonds is 2. The van der Waals surface area contributed by atoms with Crippen LogP contribution in [-0.4, -0.2) is 0 Å². The summed E-state index contributed by atoms with van der Waals surface area (Å²) in [5.41, 5.74) is 4.41. The fraction of sp³-hybridized carbons (Fsp3) is 0.294. The van der Waals surface area contributed by atoms with Crippen LogP contribution in [0.4, 0.5) is 0 Å². The molecule has 86 valence electrons. The first-order chi connectivity index (χ1) is 8.25. The quantitative estimate of drug-likeness (QED) is 0.691. The van der Waals surface area contributed by atoms with Crippen LogP contribution in [0.15, 0.2) is 54.1 Å². The minimum absolute atomic E-state index is 0.101. The van der Waals surface area contributed by atoms with Crippen molar-refractivity contribution in [2.24, 2.45) is 5.92 Å². The molecule has 0 spiro atoms. The molecule has 17 heavy (non-hydrogen) atoms. The van der Waals surface area contributed by atoms with Crippen molar-refractivity contribution in [2.75, 3.05) is 0 Å². The van der Waals surface area contributed by atoms with E-state index in [0.29, 0.717) is 5.92 Å². The van der Waals surface area contributed by atoms with Crippen LogP contribution in [0.1, 0.15) is 31.4 Å². The van der Waals surface area contributed by atoms with Gasteiger partial charge in [0, 0.05) is 5.41 Å². The van der Waals surface area contributed by atoms with E-state index >= 15 is 0 Å². The van der Waals surface area contributed by atoms with Crippen LogP contribution >= 0.6 is 0 Å². The lowest BCUT2D eigenvalue weighted by atomic mass is 9.68. The molecule has 0 aromatic heterocycles. The highest BCUT2D eigenvalue weighted by atomic mass is 14.4. The molecule has 1 aromatic carbocycles. The SMILES string of the molecule is CC(C)C1(C2=CCC=C2)C=Cc2ccccc21. The maximum atomic E-state index is 2.39. The van der Waals surface area contributed by atoms with E-state index in [1.807, 2.05) is 0 Å². The Hall–Kier alpha value is -1.56. The van der Waals surface area contributed by atoms with Crippen molar-refractivity contribution in [1.29, 1.82) is 0 Å². The van der Waals surface area contributed by atoms with Crippen LogP contribution in [-0.2, 0) is 5.41 Å². The first-order valence-electron chi connectivity index (χ1n) is 6.41. The van der Waals surface area contributed by atoms with Crippen LogP contribution in [0.3, 0.4) is 0 Å². The number of hydrogen-bond donors (Lipinski definition) is 0. The van der Waals surface area contributed by atoms with Gasteiger partial charge in [-0.2, -0.15) is 0 Å². The maximum absolute atomic E-state index is 2.39. The largest absolute Gasteiger partial charge is 0.0804 e. The Bertz CT molecular complexity index is 529. The summed E-state index contributed by atoms with van der Waals surface area (Å²) >= 11 is 0. The van der Waals surface area contributed by atoms with Crippen LogP contribution in [0, 0.1) is 5.92 Å². The van der Waals surface area contributed by atoms with Gasteiger partial charge in [0.25, 0.3) is 0 Å². The molecule has 0 heterocycles. The molecule has 2 aliphatic carbocycles. The number of fused-ring (bicyclic) bond motifs is 1. The molecule has 1 unspecified atom stereocenters. The molecular weight excluding hydrogens is 204 g/mol. The summed E-state index contributed by atoms with van der Waals surface area (Å²) < 4.78 is 0. The zero-order valence-corrected chi connectivity index (χ0v) is 10.5. The van der Waals surface area contributed by atoms with E-state index in [1.54, 1.807) is 0 Å². The predicted octanol–water partition coefficient (Wildman–Crippen LogP) is 4.49. The third kappa shape index (κ3) is 1.37. The molecule has 3 rings (SSSR count). The van der Waals surface area contributed by atoms with Gasteiger partial charge in [-0.3, -0.25) is 0 Å². The number of hydrogen-bond acceptors (Lipinski definition) is 0. The molecule has 0 heteroatoms. The Kier molecular flexibility index (Phi) is 2.32. The summed E-state index contributed by atoms with van der Waals surface area (Å²) in [7, 11) is 0. The second-order valence-electron chi connectivity index (χ2n) is 5.24. The van der Waals surface area contributed by atoms with Crippen molar-refractivity contribution in [2.45, 2.75) is 25.7 Å². The van der Waals surface area contributed by atoms with E-state index in [9.17, 15) is 0 Å². The maximum Gasteiger partial charge on any atom is 0.0410 e. The first kappa shape index (κ1) is 10.6. The lowest BCUT2D eigenvalue weighted by Gasteiger charge is -2.34. The molecule has 0 saturated heterocycles. The zero-order chi connectivity index (χ0) is 11.9. The smallest absolute Gasteiger partial charge is 0.0410 e. The Balaban J connectivity index is 2.22. The molecule has 0 nitrogen and oxygen atoms in total. The molecule has 2 aliphatic rings. The normalized spacial score (nSPS) is 25.5. The van der Waals surface area contributed by atoms with Crippen LogP contribution in [0.2, 0.25) is 0 Å². The molecule has 0 radical (unpaired) electrons. The Morgan fingerprint density at radius 1 is 1.12 bits per heavy atom. The molecule has 1 aromatic rings. The topological polar surface area (TPSA) is 0 Å². The highest BCUT2D eigenvalue weighted by Gasteiger charge is 2.40. The molecule has 1 atom stereocenters. The molecule has 0 aliphatic heterocycles. The van der Waals surface area contributed by atoms with Gasteiger partial charge in [0.15, 0.2) is 0 Å². The van der Waals surface area contributed by atoms with Crippen molar-refractivity contribution in [3.63, 3.8) is 0 Å². The molecule has 0 saturated carbocycles. The van der Waals surface area contributed by atoms with Crippen LogP contribution in [0.25, 0.3) is 6.08 Å². The summed E-state index contributed by atoms with van der Waals surface area (Å²) in [6.45, 7) is 4.64. The summed E-state index contributed by atoms with van der Waals surface area (Å²) in [6, 6.07) is 8.78. The minimum Gasteiger partial charge on any atom is -0.0804 e. The third-order valence-corrected chi connectivity index (χ3v) is 4.09. The van der Waals surface area contributed by atoms with Gasteiger partial charge in [0.2, 0.25) is 0 Å². The van der Waals surface area contributed by atoms with Crippen molar-refractivity contribution >= 4 is 6.08 Å². The average molecular weight is 222 g/mol. The Labute approximate surface area is 103 Å². The van der Waals surface area contributed by atoms with Gasteiger partial charge in [-0.05, 0) is 29.0 Å². The third-order valence-electron chi connectivity index (χ3n) is 4.09. The standard InChI is InChI=1S/C17H18/c1-13(2)17(15-8-4-5-9-15)12-11-14-7-3-6-10-16(14)17/h3-4,6-13H,5H2,1-2H3. The van der Waals surface area contributed by atoms with Crippen molar-refractivity contribution in [3.8, 4) is 0 Å². The monoisotopic (exact) mass is 222 g/mol. The number of benzene rings is 1. The van der Waals surface area contributed by atoms with Gasteiger partial charge < -0.3 is 0 Å². The molecule has 0 bridgehead atoms. The van der Waals surface area contributed by atoms with E-state index in [1.165, 1.54) is 16.7 Å². The predicted molar refractivity (Wildman–Crippen MR) is 73.8 cm³/mol. The van der Waals surface area contributed by atoms with E-state index in [0.717, 1.165) is 6.42 Å². The van der Waals surface area contributed by atoms with E-state index in [-0.39, 0.29) is 5.41 Å². The van der Waals surface area contributed by atoms with Gasteiger partial charge in [0.1, 0.15) is 0 Å². The van der Waals surface area contributed by atoms with E-state index in [4.69, 9.17) is 0 Å². The van der Waals surface area contributed by atoms with Crippen molar-refractivity contribution in [3.05, 3.63) is 65.3 Å². The van der Waals surface area contributed by atoms with Gasteiger partial charge >= 0.3 is 0 Å². The van der Waals surface area contributed by atoms with Gasteiger partial charge in [-0.25, -0.2) is 0 Å². The van der Waals surface area contributed by atoms with Crippen molar-refractivity contribution < 1.29 is 0 Å². The second kappa shape index (κ2) is 3.73. The fourth-order valence-corrected chi connectivity index (χ4v) is 3.18. The average Bonchev–Trinajstić information content (AvgIpc) is 2.96. The van der Waals surface area contributed by atoms with Gasteiger partial charge in [-0.1, -0.05) is 68.5 Å². The molecule has 0 N–H and O–H groups in total. The Morgan fingerprint density at radius 3 is 2.65 bits per heavy atom. The highest BCUT2D eigenvalue weighted by Crippen LogP contribution is 2.48. The molecular formula is C17H18. The lowest BCUT2D eigenvalue weighted by molar-refractivity contribution is 0.458.